The second-order valence-electron chi connectivity index (χ2n) is 1.34. The van der Waals surface area contributed by atoms with Crippen LogP contribution in [0.3, 0.4) is 0 Å². The molecular weight excluding hydrogens is 86.9 g/mol. The van der Waals surface area contributed by atoms with Crippen molar-refractivity contribution in [2.45, 2.75) is 0 Å². The first-order valence-electron chi connectivity index (χ1n) is 2.19. The van der Waals surface area contributed by atoms with Crippen molar-refractivity contribution in [3.05, 3.63) is 0 Å². The highest BCUT2D eigenvalue weighted by Gasteiger charge is 1.88. The monoisotopic (exact) mass is 92.1 g/mol. The largest absolute Gasteiger partial charge is 0.298 e. The van der Waals surface area contributed by atoms with Crippen LogP contribution in [0.2, 0.25) is 0 Å². The van der Waals surface area contributed by atoms with Crippen molar-refractivity contribution in [1.82, 2.24) is 0 Å². The molecule has 0 aromatic rings. The van der Waals surface area contributed by atoms with Crippen molar-refractivity contribution in [2.75, 3.05) is 13.1 Å². The van der Waals surface area contributed by atoms with E-state index in [2.05, 4.69) is 9.98 Å². The van der Waals surface area contributed by atoms with Crippen LogP contribution in [0.5, 0.6) is 0 Å². The lowest BCUT2D eigenvalue weighted by Crippen LogP contribution is -2.07. The summed E-state index contributed by atoms with van der Waals surface area (Å²) in [5, 5.41) is 0. The Morgan fingerprint density at radius 1 is 1.57 bits per heavy atom. The van der Waals surface area contributed by atoms with Crippen LogP contribution in [0.15, 0.2) is 9.98 Å². The Balaban J connectivity index is 2.58. The van der Waals surface area contributed by atoms with E-state index in [1.807, 2.05) is 0 Å². The smallest absolute Gasteiger partial charge is 0.143 e. The average Bonchev–Trinajstić information content (AvgIpc) is 1.69. The topological polar surface area (TPSA) is 24.7 Å². The molecule has 1 rings (SSSR count). The first kappa shape index (κ1) is 4.56. The van der Waals surface area contributed by atoms with Crippen molar-refractivity contribution in [2.24, 2.45) is 9.98 Å². The molecule has 0 spiro atoms. The van der Waals surface area contributed by atoms with Gasteiger partial charge in [0.2, 0.25) is 0 Å². The standard InChI is InChI=1S/C4H5BN2/c5-4-3-6-1-2-7-4/h3H,1-2H2. The van der Waals surface area contributed by atoms with E-state index in [4.69, 9.17) is 7.85 Å². The lowest BCUT2D eigenvalue weighted by molar-refractivity contribution is 0.975. The van der Waals surface area contributed by atoms with Gasteiger partial charge in [-0.25, -0.2) is 0 Å². The zero-order chi connectivity index (χ0) is 5.11. The number of hydrogen-bond acceptors (Lipinski definition) is 2. The Hall–Kier alpha value is -0.595. The van der Waals surface area contributed by atoms with Gasteiger partial charge in [-0.05, 0) is 5.61 Å². The van der Waals surface area contributed by atoms with Gasteiger partial charge >= 0.3 is 0 Å². The van der Waals surface area contributed by atoms with E-state index in [1.54, 1.807) is 6.21 Å². The number of rotatable bonds is 0. The molecule has 0 aromatic carbocycles. The van der Waals surface area contributed by atoms with E-state index in [0.717, 1.165) is 13.1 Å². The van der Waals surface area contributed by atoms with Gasteiger partial charge in [0.15, 0.2) is 0 Å². The molecule has 0 bridgehead atoms. The van der Waals surface area contributed by atoms with Gasteiger partial charge in [-0.1, -0.05) is 0 Å². The van der Waals surface area contributed by atoms with Crippen LogP contribution in [-0.2, 0) is 0 Å². The van der Waals surface area contributed by atoms with Crippen LogP contribution < -0.4 is 0 Å². The summed E-state index contributed by atoms with van der Waals surface area (Å²) in [5.41, 5.74) is 0.547. The minimum atomic E-state index is 0.547. The SMILES string of the molecule is [B]C1=NCCN=C1. The zero-order valence-corrected chi connectivity index (χ0v) is 3.96. The third kappa shape index (κ3) is 1.14. The van der Waals surface area contributed by atoms with Crippen molar-refractivity contribution in [3.63, 3.8) is 0 Å². The maximum absolute atomic E-state index is 5.24. The molecule has 0 unspecified atom stereocenters. The van der Waals surface area contributed by atoms with E-state index < -0.39 is 0 Å². The van der Waals surface area contributed by atoms with E-state index in [9.17, 15) is 0 Å². The Bertz CT molecular complexity index is 117. The first-order chi connectivity index (χ1) is 3.39. The quantitative estimate of drug-likeness (QED) is 0.364. The molecule has 0 amide bonds. The van der Waals surface area contributed by atoms with Crippen molar-refractivity contribution in [1.29, 1.82) is 0 Å². The molecule has 7 heavy (non-hydrogen) atoms. The van der Waals surface area contributed by atoms with E-state index >= 15 is 0 Å². The maximum atomic E-state index is 5.24. The van der Waals surface area contributed by atoms with Crippen LogP contribution in [0.4, 0.5) is 0 Å². The molecule has 0 saturated carbocycles. The summed E-state index contributed by atoms with van der Waals surface area (Å²) in [6.45, 7) is 1.54. The third-order valence-corrected chi connectivity index (χ3v) is 0.747. The lowest BCUT2D eigenvalue weighted by atomic mass is 10.0. The second-order valence-corrected chi connectivity index (χ2v) is 1.34. The summed E-state index contributed by atoms with van der Waals surface area (Å²) < 4.78 is 0. The van der Waals surface area contributed by atoms with Crippen molar-refractivity contribution in [3.8, 4) is 0 Å². The molecule has 0 N–H and O–H groups in total. The molecule has 2 nitrogen and oxygen atoms in total. The van der Waals surface area contributed by atoms with Gasteiger partial charge < -0.3 is 0 Å². The molecule has 2 radical (unpaired) electrons. The Labute approximate surface area is 43.8 Å². The number of nitrogens with zero attached hydrogens (tertiary/aromatic N) is 2. The molecular formula is C4H5BN2. The van der Waals surface area contributed by atoms with E-state index in [0.29, 0.717) is 5.61 Å². The molecule has 1 aliphatic rings. The van der Waals surface area contributed by atoms with Crippen LogP contribution in [0.25, 0.3) is 0 Å². The summed E-state index contributed by atoms with van der Waals surface area (Å²) >= 11 is 0. The fourth-order valence-corrected chi connectivity index (χ4v) is 0.436. The van der Waals surface area contributed by atoms with Gasteiger partial charge in [-0.15, -0.1) is 0 Å². The molecule has 0 saturated heterocycles. The number of hydrogen-bond donors (Lipinski definition) is 0. The van der Waals surface area contributed by atoms with Crippen LogP contribution in [0, 0.1) is 0 Å². The summed E-state index contributed by atoms with van der Waals surface area (Å²) in [6, 6.07) is 0. The normalized spacial score (nSPS) is 19.1. The minimum Gasteiger partial charge on any atom is -0.298 e. The second kappa shape index (κ2) is 1.91. The molecule has 1 heterocycles. The molecule has 0 aliphatic carbocycles. The highest BCUT2D eigenvalue weighted by molar-refractivity contribution is 6.75. The highest BCUT2D eigenvalue weighted by atomic mass is 14.8. The van der Waals surface area contributed by atoms with Gasteiger partial charge in [0.1, 0.15) is 7.85 Å². The Morgan fingerprint density at radius 3 is 2.71 bits per heavy atom. The first-order valence-corrected chi connectivity index (χ1v) is 2.19. The lowest BCUT2D eigenvalue weighted by Gasteiger charge is -1.97. The van der Waals surface area contributed by atoms with Crippen LogP contribution in [0.1, 0.15) is 0 Å². The Morgan fingerprint density at radius 2 is 2.43 bits per heavy atom. The van der Waals surface area contributed by atoms with Gasteiger partial charge in [0, 0.05) is 6.21 Å². The third-order valence-electron chi connectivity index (χ3n) is 0.747. The predicted octanol–water partition coefficient (Wildman–Crippen LogP) is -0.362. The molecule has 0 fully saturated rings. The predicted molar refractivity (Wildman–Crippen MR) is 31.4 cm³/mol. The summed E-state index contributed by atoms with van der Waals surface area (Å²) in [5.74, 6) is 0. The molecule has 34 valence electrons. The molecule has 3 heteroatoms. The van der Waals surface area contributed by atoms with E-state index in [-0.39, 0.29) is 0 Å². The molecule has 0 aromatic heterocycles. The van der Waals surface area contributed by atoms with Gasteiger partial charge in [-0.2, -0.15) is 0 Å². The summed E-state index contributed by atoms with van der Waals surface area (Å²) in [4.78, 5) is 7.75. The van der Waals surface area contributed by atoms with Gasteiger partial charge in [-0.3, -0.25) is 9.98 Å². The highest BCUT2D eigenvalue weighted by Crippen LogP contribution is 1.80. The Kier molecular flexibility index (Phi) is 1.25. The van der Waals surface area contributed by atoms with Crippen LogP contribution in [-0.4, -0.2) is 32.8 Å². The molecule has 1 aliphatic heterocycles. The van der Waals surface area contributed by atoms with Crippen LogP contribution >= 0.6 is 0 Å². The summed E-state index contributed by atoms with van der Waals surface area (Å²) in [6.07, 6.45) is 1.59. The number of aliphatic imine (C=N–C) groups is 2. The molecule has 0 atom stereocenters. The average molecular weight is 91.9 g/mol. The fourth-order valence-electron chi connectivity index (χ4n) is 0.436. The van der Waals surface area contributed by atoms with E-state index in [1.165, 1.54) is 0 Å². The zero-order valence-electron chi connectivity index (χ0n) is 3.96. The minimum absolute atomic E-state index is 0.547. The fraction of sp³-hybridized carbons (Fsp3) is 0.500. The maximum Gasteiger partial charge on any atom is 0.143 e. The van der Waals surface area contributed by atoms with Crippen molar-refractivity contribution < 1.29 is 0 Å². The van der Waals surface area contributed by atoms with Gasteiger partial charge in [0.25, 0.3) is 0 Å². The van der Waals surface area contributed by atoms with Gasteiger partial charge in [0.05, 0.1) is 13.1 Å². The van der Waals surface area contributed by atoms with Crippen molar-refractivity contribution >= 4 is 19.7 Å². The summed E-state index contributed by atoms with van der Waals surface area (Å²) in [7, 11) is 5.24.